The Bertz CT molecular complexity index is 776. The van der Waals surface area contributed by atoms with Crippen LogP contribution >= 0.6 is 0 Å². The molecule has 0 heterocycles. The van der Waals surface area contributed by atoms with E-state index in [1.807, 2.05) is 0 Å². The van der Waals surface area contributed by atoms with Crippen LogP contribution in [0.25, 0.3) is 0 Å². The first kappa shape index (κ1) is 17.1. The monoisotopic (exact) mass is 332 g/mol. The van der Waals surface area contributed by atoms with Gasteiger partial charge >= 0.3 is 5.97 Å². The van der Waals surface area contributed by atoms with Crippen molar-refractivity contribution < 1.29 is 24.0 Å². The van der Waals surface area contributed by atoms with E-state index in [9.17, 15) is 29.2 Å². The molecule has 2 rings (SSSR count). The first-order valence-corrected chi connectivity index (χ1v) is 6.90. The van der Waals surface area contributed by atoms with E-state index in [1.54, 1.807) is 0 Å². The highest BCUT2D eigenvalue weighted by atomic mass is 19.1. The number of benzene rings is 2. The van der Waals surface area contributed by atoms with E-state index >= 15 is 0 Å². The van der Waals surface area contributed by atoms with Crippen molar-refractivity contribution in [2.24, 2.45) is 0 Å². The van der Waals surface area contributed by atoms with E-state index in [0.717, 1.165) is 6.07 Å². The zero-order valence-electron chi connectivity index (χ0n) is 12.3. The smallest absolute Gasteiger partial charge is 0.326 e. The molecule has 7 nitrogen and oxygen atoms in total. The summed E-state index contributed by atoms with van der Waals surface area (Å²) in [6.07, 6.45) is -0.0898. The Hall–Kier alpha value is -3.29. The highest BCUT2D eigenvalue weighted by Gasteiger charge is 2.22. The van der Waals surface area contributed by atoms with Gasteiger partial charge < -0.3 is 10.4 Å². The quantitative estimate of drug-likeness (QED) is 0.622. The Morgan fingerprint density at radius 1 is 1.17 bits per heavy atom. The number of nitro benzene ring substituents is 1. The number of aliphatic carboxylic acids is 1. The number of non-ortho nitro benzene ring substituents is 1. The van der Waals surface area contributed by atoms with Crippen molar-refractivity contribution in [3.8, 4) is 0 Å². The molecule has 0 fully saturated rings. The third-order valence-corrected chi connectivity index (χ3v) is 3.31. The van der Waals surface area contributed by atoms with Gasteiger partial charge in [-0.3, -0.25) is 14.9 Å². The number of hydrogen-bond donors (Lipinski definition) is 2. The summed E-state index contributed by atoms with van der Waals surface area (Å²) >= 11 is 0. The van der Waals surface area contributed by atoms with E-state index in [1.165, 1.54) is 42.5 Å². The van der Waals surface area contributed by atoms with Crippen LogP contribution < -0.4 is 5.32 Å². The van der Waals surface area contributed by atoms with Crippen LogP contribution in [0.5, 0.6) is 0 Å². The average Bonchev–Trinajstić information content (AvgIpc) is 2.54. The molecule has 0 aromatic heterocycles. The lowest BCUT2D eigenvalue weighted by molar-refractivity contribution is -0.384. The lowest BCUT2D eigenvalue weighted by atomic mass is 10.0. The topological polar surface area (TPSA) is 110 Å². The van der Waals surface area contributed by atoms with Crippen molar-refractivity contribution in [1.82, 2.24) is 5.32 Å². The maximum absolute atomic E-state index is 13.6. The van der Waals surface area contributed by atoms with Crippen LogP contribution in [-0.2, 0) is 11.2 Å². The van der Waals surface area contributed by atoms with Gasteiger partial charge in [0.15, 0.2) is 0 Å². The normalized spacial score (nSPS) is 11.5. The number of nitrogens with one attached hydrogen (secondary N) is 1. The molecule has 0 saturated heterocycles. The highest BCUT2D eigenvalue weighted by Crippen LogP contribution is 2.14. The molecule has 0 bridgehead atoms. The minimum absolute atomic E-state index is 0.0898. The SMILES string of the molecule is O=C(NC(Cc1ccc([N+](=O)[O-])cc1)C(=O)O)c1ccccc1F. The van der Waals surface area contributed by atoms with Crippen molar-refractivity contribution in [2.75, 3.05) is 0 Å². The van der Waals surface area contributed by atoms with Gasteiger partial charge in [0.05, 0.1) is 10.5 Å². The molecule has 0 aliphatic rings. The molecular formula is C16H13FN2O5. The van der Waals surface area contributed by atoms with E-state index in [0.29, 0.717) is 5.56 Å². The van der Waals surface area contributed by atoms with Gasteiger partial charge in [-0.2, -0.15) is 0 Å². The number of carbonyl (C=O) groups is 2. The summed E-state index contributed by atoms with van der Waals surface area (Å²) < 4.78 is 13.6. The molecule has 8 heteroatoms. The number of amides is 1. The number of rotatable bonds is 6. The fraction of sp³-hybridized carbons (Fsp3) is 0.125. The van der Waals surface area contributed by atoms with Crippen molar-refractivity contribution in [2.45, 2.75) is 12.5 Å². The van der Waals surface area contributed by atoms with E-state index in [2.05, 4.69) is 5.32 Å². The van der Waals surface area contributed by atoms with Gasteiger partial charge in [0, 0.05) is 18.6 Å². The molecule has 124 valence electrons. The van der Waals surface area contributed by atoms with Crippen molar-refractivity contribution >= 4 is 17.6 Å². The summed E-state index contributed by atoms with van der Waals surface area (Å²) in [5, 5.41) is 22.1. The van der Waals surface area contributed by atoms with Gasteiger partial charge in [-0.25, -0.2) is 9.18 Å². The molecule has 0 saturated carbocycles. The van der Waals surface area contributed by atoms with E-state index in [-0.39, 0.29) is 17.7 Å². The number of hydrogen-bond acceptors (Lipinski definition) is 4. The first-order valence-electron chi connectivity index (χ1n) is 6.90. The van der Waals surface area contributed by atoms with Crippen molar-refractivity contribution in [1.29, 1.82) is 0 Å². The Balaban J connectivity index is 2.12. The Morgan fingerprint density at radius 3 is 2.33 bits per heavy atom. The zero-order chi connectivity index (χ0) is 17.7. The highest BCUT2D eigenvalue weighted by molar-refractivity contribution is 5.96. The van der Waals surface area contributed by atoms with Crippen LogP contribution in [-0.4, -0.2) is 27.9 Å². The third-order valence-electron chi connectivity index (χ3n) is 3.31. The lowest BCUT2D eigenvalue weighted by Gasteiger charge is -2.15. The summed E-state index contributed by atoms with van der Waals surface area (Å²) in [6, 6.07) is 9.23. The van der Waals surface area contributed by atoms with E-state index in [4.69, 9.17) is 0 Å². The molecule has 2 aromatic carbocycles. The summed E-state index contributed by atoms with van der Waals surface area (Å²) in [7, 11) is 0. The largest absolute Gasteiger partial charge is 0.480 e. The van der Waals surface area contributed by atoms with Gasteiger partial charge in [0.2, 0.25) is 0 Å². The minimum atomic E-state index is -1.29. The van der Waals surface area contributed by atoms with Crippen LogP contribution in [0.1, 0.15) is 15.9 Å². The van der Waals surface area contributed by atoms with Gasteiger partial charge in [-0.05, 0) is 17.7 Å². The lowest BCUT2D eigenvalue weighted by Crippen LogP contribution is -2.42. The predicted octanol–water partition coefficient (Wildman–Crippen LogP) is 2.16. The van der Waals surface area contributed by atoms with Crippen molar-refractivity contribution in [3.63, 3.8) is 0 Å². The standard InChI is InChI=1S/C16H13FN2O5/c17-13-4-2-1-3-12(13)15(20)18-14(16(21)22)9-10-5-7-11(8-6-10)19(23)24/h1-8,14H,9H2,(H,18,20)(H,21,22). The summed E-state index contributed by atoms with van der Waals surface area (Å²) in [5.74, 6) is -2.89. The van der Waals surface area contributed by atoms with Gasteiger partial charge in [0.1, 0.15) is 11.9 Å². The molecule has 2 aromatic rings. The number of nitrogens with zero attached hydrogens (tertiary/aromatic N) is 1. The van der Waals surface area contributed by atoms with Gasteiger partial charge in [-0.1, -0.05) is 24.3 Å². The fourth-order valence-electron chi connectivity index (χ4n) is 2.07. The fourth-order valence-corrected chi connectivity index (χ4v) is 2.07. The number of carbonyl (C=O) groups excluding carboxylic acids is 1. The van der Waals surface area contributed by atoms with Crippen molar-refractivity contribution in [3.05, 3.63) is 75.6 Å². The second kappa shape index (κ2) is 7.32. The molecule has 1 unspecified atom stereocenters. The molecule has 24 heavy (non-hydrogen) atoms. The summed E-state index contributed by atoms with van der Waals surface area (Å²) in [6.45, 7) is 0. The minimum Gasteiger partial charge on any atom is -0.480 e. The zero-order valence-corrected chi connectivity index (χ0v) is 12.3. The van der Waals surface area contributed by atoms with Gasteiger partial charge in [0.25, 0.3) is 11.6 Å². The second-order valence-corrected chi connectivity index (χ2v) is 4.97. The van der Waals surface area contributed by atoms with E-state index < -0.39 is 28.7 Å². The molecular weight excluding hydrogens is 319 g/mol. The Kier molecular flexibility index (Phi) is 5.20. The number of carboxylic acid groups (broad SMARTS) is 1. The maximum Gasteiger partial charge on any atom is 0.326 e. The number of halogens is 1. The van der Waals surface area contributed by atoms with Crippen LogP contribution in [0.4, 0.5) is 10.1 Å². The van der Waals surface area contributed by atoms with Crippen LogP contribution in [0.15, 0.2) is 48.5 Å². The average molecular weight is 332 g/mol. The third kappa shape index (κ3) is 4.13. The maximum atomic E-state index is 13.6. The van der Waals surface area contributed by atoms with Crippen LogP contribution in [0.3, 0.4) is 0 Å². The molecule has 1 atom stereocenters. The number of nitro groups is 1. The molecule has 0 radical (unpaired) electrons. The van der Waals surface area contributed by atoms with Gasteiger partial charge in [-0.15, -0.1) is 0 Å². The Morgan fingerprint density at radius 2 is 1.79 bits per heavy atom. The summed E-state index contributed by atoms with van der Waals surface area (Å²) in [4.78, 5) is 33.3. The first-order chi connectivity index (χ1) is 11.4. The molecule has 0 aliphatic heterocycles. The van der Waals surface area contributed by atoms with Crippen LogP contribution in [0, 0.1) is 15.9 Å². The van der Waals surface area contributed by atoms with Crippen LogP contribution in [0.2, 0.25) is 0 Å². The second-order valence-electron chi connectivity index (χ2n) is 4.97. The summed E-state index contributed by atoms with van der Waals surface area (Å²) in [5.41, 5.74) is 0.107. The Labute approximate surface area is 135 Å². The molecule has 0 aliphatic carbocycles. The molecule has 1 amide bonds. The number of carboxylic acids is 1. The molecule has 0 spiro atoms. The predicted molar refractivity (Wildman–Crippen MR) is 82.1 cm³/mol. The molecule has 2 N–H and O–H groups in total.